The van der Waals surface area contributed by atoms with Crippen molar-refractivity contribution in [3.05, 3.63) is 0 Å². The van der Waals surface area contributed by atoms with Crippen LogP contribution in [0.25, 0.3) is 0 Å². The van der Waals surface area contributed by atoms with Crippen LogP contribution in [-0.2, 0) is 9.53 Å². The molecule has 1 heterocycles. The molecule has 1 aliphatic heterocycles. The number of hydrogen-bond acceptors (Lipinski definition) is 2. The highest BCUT2D eigenvalue weighted by atomic mass is 16.5. The van der Waals surface area contributed by atoms with Gasteiger partial charge in [0.2, 0.25) is 5.91 Å². The minimum absolute atomic E-state index is 0.300. The fourth-order valence-corrected chi connectivity index (χ4v) is 1.68. The van der Waals surface area contributed by atoms with Crippen LogP contribution in [0, 0.1) is 5.92 Å². The highest BCUT2D eigenvalue weighted by molar-refractivity contribution is 5.80. The van der Waals surface area contributed by atoms with Crippen molar-refractivity contribution in [3.63, 3.8) is 0 Å². The molecule has 2 rings (SSSR count). The van der Waals surface area contributed by atoms with E-state index in [2.05, 4.69) is 0 Å². The lowest BCUT2D eigenvalue weighted by molar-refractivity contribution is -0.150. The molecule has 0 radical (unpaired) electrons. The van der Waals surface area contributed by atoms with Crippen LogP contribution in [-0.4, -0.2) is 37.1 Å². The molecule has 0 bridgehead atoms. The molecule has 1 saturated heterocycles. The van der Waals surface area contributed by atoms with Crippen molar-refractivity contribution in [1.82, 2.24) is 4.90 Å². The van der Waals surface area contributed by atoms with Gasteiger partial charge < -0.3 is 9.64 Å². The SMILES string of the molecule is COC1CN(C(=O)C2CCC2)C1. The van der Waals surface area contributed by atoms with Crippen molar-refractivity contribution in [2.24, 2.45) is 5.92 Å². The van der Waals surface area contributed by atoms with E-state index in [0.717, 1.165) is 25.9 Å². The molecule has 1 saturated carbocycles. The largest absolute Gasteiger partial charge is 0.378 e. The Balaban J connectivity index is 1.76. The average Bonchev–Trinajstić information content (AvgIpc) is 1.80. The lowest BCUT2D eigenvalue weighted by Crippen LogP contribution is -2.56. The molecule has 1 amide bonds. The Bertz CT molecular complexity index is 183. The molecule has 0 aromatic rings. The molecule has 0 aromatic carbocycles. The van der Waals surface area contributed by atoms with Gasteiger partial charge in [0.05, 0.1) is 6.10 Å². The molecule has 0 aromatic heterocycles. The van der Waals surface area contributed by atoms with E-state index >= 15 is 0 Å². The van der Waals surface area contributed by atoms with Gasteiger partial charge in [-0.05, 0) is 12.8 Å². The van der Waals surface area contributed by atoms with E-state index in [1.54, 1.807) is 7.11 Å². The number of likely N-dealkylation sites (tertiary alicyclic amines) is 1. The molecule has 0 atom stereocenters. The van der Waals surface area contributed by atoms with Gasteiger partial charge in [0.15, 0.2) is 0 Å². The molecule has 2 fully saturated rings. The van der Waals surface area contributed by atoms with Crippen LogP contribution in [0.4, 0.5) is 0 Å². The number of carbonyl (C=O) groups is 1. The van der Waals surface area contributed by atoms with Gasteiger partial charge >= 0.3 is 0 Å². The van der Waals surface area contributed by atoms with E-state index in [1.807, 2.05) is 4.90 Å². The zero-order valence-corrected chi connectivity index (χ0v) is 7.45. The summed E-state index contributed by atoms with van der Waals surface area (Å²) in [5.74, 6) is 0.706. The van der Waals surface area contributed by atoms with Crippen molar-refractivity contribution >= 4 is 5.91 Å². The first kappa shape index (κ1) is 8.05. The van der Waals surface area contributed by atoms with Crippen LogP contribution >= 0.6 is 0 Å². The van der Waals surface area contributed by atoms with Crippen LogP contribution in [0.3, 0.4) is 0 Å². The summed E-state index contributed by atoms with van der Waals surface area (Å²) in [7, 11) is 1.70. The Labute approximate surface area is 72.7 Å². The standard InChI is InChI=1S/C9H15NO2/c1-12-8-5-10(6-8)9(11)7-3-2-4-7/h7-8H,2-6H2,1H3. The summed E-state index contributed by atoms with van der Waals surface area (Å²) < 4.78 is 5.10. The smallest absolute Gasteiger partial charge is 0.225 e. The summed E-state index contributed by atoms with van der Waals surface area (Å²) in [4.78, 5) is 13.5. The molecular weight excluding hydrogens is 154 g/mol. The lowest BCUT2D eigenvalue weighted by atomic mass is 9.83. The summed E-state index contributed by atoms with van der Waals surface area (Å²) in [5, 5.41) is 0. The first-order valence-electron chi connectivity index (χ1n) is 4.63. The molecule has 1 aliphatic carbocycles. The van der Waals surface area contributed by atoms with Crippen molar-refractivity contribution in [2.45, 2.75) is 25.4 Å². The van der Waals surface area contributed by atoms with E-state index in [9.17, 15) is 4.79 Å². The monoisotopic (exact) mass is 169 g/mol. The first-order valence-corrected chi connectivity index (χ1v) is 4.63. The van der Waals surface area contributed by atoms with E-state index in [4.69, 9.17) is 4.74 Å². The maximum absolute atomic E-state index is 11.5. The van der Waals surface area contributed by atoms with Crippen molar-refractivity contribution < 1.29 is 9.53 Å². The zero-order chi connectivity index (χ0) is 8.55. The second-order valence-electron chi connectivity index (χ2n) is 3.73. The van der Waals surface area contributed by atoms with Crippen LogP contribution < -0.4 is 0 Å². The van der Waals surface area contributed by atoms with Gasteiger partial charge in [-0.3, -0.25) is 4.79 Å². The highest BCUT2D eigenvalue weighted by Crippen LogP contribution is 2.29. The number of amides is 1. The zero-order valence-electron chi connectivity index (χ0n) is 7.45. The van der Waals surface area contributed by atoms with Crippen LogP contribution in [0.1, 0.15) is 19.3 Å². The maximum atomic E-state index is 11.5. The molecular formula is C9H15NO2. The Hall–Kier alpha value is -0.570. The molecule has 3 nitrogen and oxygen atoms in total. The average molecular weight is 169 g/mol. The number of rotatable bonds is 2. The summed E-state index contributed by atoms with van der Waals surface area (Å²) in [6, 6.07) is 0. The summed E-state index contributed by atoms with van der Waals surface area (Å²) in [6.07, 6.45) is 3.74. The number of hydrogen-bond donors (Lipinski definition) is 0. The predicted molar refractivity (Wildman–Crippen MR) is 44.7 cm³/mol. The molecule has 12 heavy (non-hydrogen) atoms. The van der Waals surface area contributed by atoms with Crippen molar-refractivity contribution in [3.8, 4) is 0 Å². The third-order valence-electron chi connectivity index (χ3n) is 2.95. The molecule has 3 heteroatoms. The second-order valence-corrected chi connectivity index (χ2v) is 3.73. The van der Waals surface area contributed by atoms with Crippen molar-refractivity contribution in [1.29, 1.82) is 0 Å². The number of carbonyl (C=O) groups excluding carboxylic acids is 1. The molecule has 2 aliphatic rings. The van der Waals surface area contributed by atoms with Gasteiger partial charge in [-0.1, -0.05) is 6.42 Å². The van der Waals surface area contributed by atoms with Crippen LogP contribution in [0.2, 0.25) is 0 Å². The number of nitrogens with zero attached hydrogens (tertiary/aromatic N) is 1. The Morgan fingerprint density at radius 3 is 2.50 bits per heavy atom. The van der Waals surface area contributed by atoms with Crippen LogP contribution in [0.5, 0.6) is 0 Å². The van der Waals surface area contributed by atoms with Gasteiger partial charge in [-0.25, -0.2) is 0 Å². The van der Waals surface area contributed by atoms with E-state index in [0.29, 0.717) is 17.9 Å². The normalized spacial score (nSPS) is 24.9. The fourth-order valence-electron chi connectivity index (χ4n) is 1.68. The third kappa shape index (κ3) is 1.22. The summed E-state index contributed by atoms with van der Waals surface area (Å²) >= 11 is 0. The Kier molecular flexibility index (Phi) is 2.05. The van der Waals surface area contributed by atoms with Gasteiger partial charge in [0.25, 0.3) is 0 Å². The maximum Gasteiger partial charge on any atom is 0.225 e. The van der Waals surface area contributed by atoms with Gasteiger partial charge in [-0.2, -0.15) is 0 Å². The summed E-state index contributed by atoms with van der Waals surface area (Å²) in [6.45, 7) is 1.62. The van der Waals surface area contributed by atoms with E-state index in [-0.39, 0.29) is 0 Å². The minimum Gasteiger partial charge on any atom is -0.378 e. The lowest BCUT2D eigenvalue weighted by Gasteiger charge is -2.41. The molecule has 0 N–H and O–H groups in total. The summed E-state index contributed by atoms with van der Waals surface area (Å²) in [5.41, 5.74) is 0. The number of ether oxygens (including phenoxy) is 1. The molecule has 68 valence electrons. The predicted octanol–water partition coefficient (Wildman–Crippen LogP) is 0.644. The van der Waals surface area contributed by atoms with E-state index < -0.39 is 0 Å². The highest BCUT2D eigenvalue weighted by Gasteiger charge is 2.36. The molecule has 0 unspecified atom stereocenters. The topological polar surface area (TPSA) is 29.5 Å². The second kappa shape index (κ2) is 3.05. The number of methoxy groups -OCH3 is 1. The van der Waals surface area contributed by atoms with Gasteiger partial charge in [0.1, 0.15) is 0 Å². The van der Waals surface area contributed by atoms with Crippen molar-refractivity contribution in [2.75, 3.05) is 20.2 Å². The van der Waals surface area contributed by atoms with Gasteiger partial charge in [-0.15, -0.1) is 0 Å². The first-order chi connectivity index (χ1) is 5.81. The van der Waals surface area contributed by atoms with Gasteiger partial charge in [0, 0.05) is 26.1 Å². The Morgan fingerprint density at radius 1 is 1.42 bits per heavy atom. The third-order valence-corrected chi connectivity index (χ3v) is 2.95. The van der Waals surface area contributed by atoms with Crippen LogP contribution in [0.15, 0.2) is 0 Å². The minimum atomic E-state index is 0.300. The quantitative estimate of drug-likeness (QED) is 0.607. The Morgan fingerprint density at radius 2 is 2.08 bits per heavy atom. The fraction of sp³-hybridized carbons (Fsp3) is 0.889. The molecule has 0 spiro atoms. The van der Waals surface area contributed by atoms with E-state index in [1.165, 1.54) is 6.42 Å².